The Balaban J connectivity index is 1.53. The van der Waals surface area contributed by atoms with Crippen LogP contribution in [0.5, 0.6) is 0 Å². The normalized spacial score (nSPS) is 19.5. The second-order valence-electron chi connectivity index (χ2n) is 6.76. The number of nitrogens with zero attached hydrogens (tertiary/aromatic N) is 2. The number of thioether (sulfide) groups is 1. The predicted octanol–water partition coefficient (Wildman–Crippen LogP) is 1.99. The maximum Gasteiger partial charge on any atom is 0.262 e. The first-order valence-electron chi connectivity index (χ1n) is 8.92. The Bertz CT molecular complexity index is 940. The van der Waals surface area contributed by atoms with Crippen LogP contribution in [0.15, 0.2) is 54.6 Å². The van der Waals surface area contributed by atoms with Crippen molar-refractivity contribution in [3.63, 3.8) is 0 Å². The Labute approximate surface area is 166 Å². The Hall–Kier alpha value is -2.93. The fraction of sp³-hybridized carbons (Fsp3) is 0.238. The topological polar surface area (TPSA) is 74.8 Å². The van der Waals surface area contributed by atoms with Gasteiger partial charge < -0.3 is 4.90 Å². The molecule has 2 aromatic rings. The summed E-state index contributed by atoms with van der Waals surface area (Å²) in [4.78, 5) is 53.0. The smallest absolute Gasteiger partial charge is 0.262 e. The molecule has 1 fully saturated rings. The number of benzene rings is 2. The van der Waals surface area contributed by atoms with Crippen LogP contribution in [0.4, 0.5) is 0 Å². The third kappa shape index (κ3) is 2.92. The van der Waals surface area contributed by atoms with Crippen molar-refractivity contribution < 1.29 is 19.2 Å². The Morgan fingerprint density at radius 1 is 1.00 bits per heavy atom. The van der Waals surface area contributed by atoms with Gasteiger partial charge in [0.2, 0.25) is 11.0 Å². The van der Waals surface area contributed by atoms with Crippen LogP contribution in [-0.4, -0.2) is 57.5 Å². The van der Waals surface area contributed by atoms with Crippen molar-refractivity contribution >= 4 is 34.6 Å². The van der Waals surface area contributed by atoms with Crippen LogP contribution in [0.3, 0.4) is 0 Å². The number of rotatable bonds is 5. The summed E-state index contributed by atoms with van der Waals surface area (Å²) < 4.78 is 0. The molecule has 28 heavy (non-hydrogen) atoms. The molecule has 0 aromatic heterocycles. The third-order valence-corrected chi connectivity index (χ3v) is 5.87. The number of β-lactam (4-membered cyclic amide) rings is 1. The third-order valence-electron chi connectivity index (χ3n) is 5.20. The van der Waals surface area contributed by atoms with E-state index in [-0.39, 0.29) is 17.6 Å². The average Bonchev–Trinajstić information content (AvgIpc) is 2.97. The zero-order chi connectivity index (χ0) is 19.8. The van der Waals surface area contributed by atoms with Crippen LogP contribution < -0.4 is 0 Å². The number of imide groups is 1. The van der Waals surface area contributed by atoms with E-state index in [1.54, 1.807) is 30.5 Å². The van der Waals surface area contributed by atoms with Gasteiger partial charge in [0, 0.05) is 6.42 Å². The number of hydrogen-bond acceptors (Lipinski definition) is 5. The fourth-order valence-corrected chi connectivity index (χ4v) is 4.17. The van der Waals surface area contributed by atoms with Gasteiger partial charge in [-0.3, -0.25) is 24.1 Å². The maximum absolute atomic E-state index is 12.9. The molecule has 0 bridgehead atoms. The highest BCUT2D eigenvalue weighted by molar-refractivity contribution is 8.13. The molecule has 2 heterocycles. The SMILES string of the molecule is CSC(=O)C(Cc1ccccc1)N1CC(N2C(=O)c3ccccc3C2=O)C1=O. The lowest BCUT2D eigenvalue weighted by Gasteiger charge is -2.45. The van der Waals surface area contributed by atoms with Gasteiger partial charge in [0.15, 0.2) is 0 Å². The Morgan fingerprint density at radius 2 is 1.57 bits per heavy atom. The lowest BCUT2D eigenvalue weighted by molar-refractivity contribution is -0.153. The molecule has 6 nitrogen and oxygen atoms in total. The van der Waals surface area contributed by atoms with Gasteiger partial charge in [0.05, 0.1) is 17.7 Å². The van der Waals surface area contributed by atoms with Crippen LogP contribution >= 0.6 is 11.8 Å². The van der Waals surface area contributed by atoms with Gasteiger partial charge in [-0.05, 0) is 24.0 Å². The summed E-state index contributed by atoms with van der Waals surface area (Å²) in [6.07, 6.45) is 2.09. The molecule has 7 heteroatoms. The number of hydrogen-bond donors (Lipinski definition) is 0. The summed E-state index contributed by atoms with van der Waals surface area (Å²) in [5, 5.41) is -0.113. The van der Waals surface area contributed by atoms with Gasteiger partial charge in [0.1, 0.15) is 12.1 Å². The number of likely N-dealkylation sites (tertiary alicyclic amines) is 1. The van der Waals surface area contributed by atoms with Crippen LogP contribution in [-0.2, 0) is 16.0 Å². The van der Waals surface area contributed by atoms with Gasteiger partial charge in [-0.2, -0.15) is 0 Å². The molecule has 3 amide bonds. The van der Waals surface area contributed by atoms with Crippen LogP contribution in [0.25, 0.3) is 0 Å². The van der Waals surface area contributed by atoms with E-state index in [0.29, 0.717) is 17.5 Å². The van der Waals surface area contributed by atoms with E-state index in [1.807, 2.05) is 30.3 Å². The molecule has 4 rings (SSSR count). The number of amides is 3. The summed E-state index contributed by atoms with van der Waals surface area (Å²) in [5.41, 5.74) is 1.59. The quantitative estimate of drug-likeness (QED) is 0.573. The van der Waals surface area contributed by atoms with Crippen LogP contribution in [0.2, 0.25) is 0 Å². The van der Waals surface area contributed by atoms with E-state index in [9.17, 15) is 19.2 Å². The second kappa shape index (κ2) is 7.24. The van der Waals surface area contributed by atoms with E-state index in [4.69, 9.17) is 0 Å². The van der Waals surface area contributed by atoms with Gasteiger partial charge in [-0.1, -0.05) is 54.2 Å². The molecule has 2 aromatic carbocycles. The van der Waals surface area contributed by atoms with E-state index in [0.717, 1.165) is 22.2 Å². The first-order chi connectivity index (χ1) is 13.5. The number of carbonyl (C=O) groups is 4. The summed E-state index contributed by atoms with van der Waals surface area (Å²) in [5.74, 6) is -1.26. The molecule has 2 aliphatic heterocycles. The highest BCUT2D eigenvalue weighted by Gasteiger charge is 2.52. The van der Waals surface area contributed by atoms with Gasteiger partial charge >= 0.3 is 0 Å². The summed E-state index contributed by atoms with van der Waals surface area (Å²) >= 11 is 1.08. The largest absolute Gasteiger partial charge is 0.327 e. The Morgan fingerprint density at radius 3 is 2.11 bits per heavy atom. The molecular weight excluding hydrogens is 376 g/mol. The maximum atomic E-state index is 12.9. The van der Waals surface area contributed by atoms with Crippen LogP contribution in [0, 0.1) is 0 Å². The van der Waals surface area contributed by atoms with Gasteiger partial charge in [0.25, 0.3) is 11.8 Å². The van der Waals surface area contributed by atoms with E-state index < -0.39 is 23.9 Å². The van der Waals surface area contributed by atoms with Crippen molar-refractivity contribution in [2.45, 2.75) is 18.5 Å². The van der Waals surface area contributed by atoms with Crippen molar-refractivity contribution in [1.82, 2.24) is 9.80 Å². The zero-order valence-electron chi connectivity index (χ0n) is 15.2. The monoisotopic (exact) mass is 394 g/mol. The zero-order valence-corrected chi connectivity index (χ0v) is 16.0. The molecule has 2 unspecified atom stereocenters. The highest BCUT2D eigenvalue weighted by Crippen LogP contribution is 2.31. The van der Waals surface area contributed by atoms with Gasteiger partial charge in [-0.15, -0.1) is 0 Å². The first kappa shape index (κ1) is 18.4. The van der Waals surface area contributed by atoms with E-state index in [2.05, 4.69) is 0 Å². The predicted molar refractivity (Wildman–Crippen MR) is 105 cm³/mol. The second-order valence-corrected chi connectivity index (χ2v) is 7.57. The fourth-order valence-electron chi connectivity index (χ4n) is 3.69. The summed E-state index contributed by atoms with van der Waals surface area (Å²) in [6, 6.07) is 14.6. The minimum absolute atomic E-state index is 0.113. The number of carbonyl (C=O) groups excluding carboxylic acids is 4. The van der Waals surface area contributed by atoms with Gasteiger partial charge in [-0.25, -0.2) is 0 Å². The lowest BCUT2D eigenvalue weighted by Crippen LogP contribution is -2.68. The standard InChI is InChI=1S/C21H18N2O4S/c1-28-21(27)16(11-13-7-3-2-4-8-13)22-12-17(20(22)26)23-18(24)14-9-5-6-10-15(14)19(23)25/h2-10,16-17H,11-12H2,1H3. The summed E-state index contributed by atoms with van der Waals surface area (Å²) in [7, 11) is 0. The molecular formula is C21H18N2O4S. The molecule has 0 aliphatic carbocycles. The molecule has 0 radical (unpaired) electrons. The van der Waals surface area contributed by atoms with E-state index in [1.165, 1.54) is 4.90 Å². The minimum atomic E-state index is -0.847. The minimum Gasteiger partial charge on any atom is -0.327 e. The molecule has 2 atom stereocenters. The molecule has 2 aliphatic rings. The number of fused-ring (bicyclic) bond motifs is 1. The van der Waals surface area contributed by atoms with Crippen molar-refractivity contribution in [3.8, 4) is 0 Å². The molecule has 142 valence electrons. The van der Waals surface area contributed by atoms with Crippen molar-refractivity contribution in [1.29, 1.82) is 0 Å². The lowest BCUT2D eigenvalue weighted by atomic mass is 9.98. The summed E-state index contributed by atoms with van der Waals surface area (Å²) in [6.45, 7) is 0.175. The van der Waals surface area contributed by atoms with Crippen molar-refractivity contribution in [2.75, 3.05) is 12.8 Å². The van der Waals surface area contributed by atoms with Crippen LogP contribution in [0.1, 0.15) is 26.3 Å². The average molecular weight is 394 g/mol. The molecule has 0 saturated carbocycles. The molecule has 1 saturated heterocycles. The molecule has 0 spiro atoms. The van der Waals surface area contributed by atoms with Crippen molar-refractivity contribution in [2.24, 2.45) is 0 Å². The van der Waals surface area contributed by atoms with E-state index >= 15 is 0 Å². The first-order valence-corrected chi connectivity index (χ1v) is 10.1. The van der Waals surface area contributed by atoms with Crippen molar-refractivity contribution in [3.05, 3.63) is 71.3 Å². The molecule has 0 N–H and O–H groups in total. The Kier molecular flexibility index (Phi) is 4.77. The highest BCUT2D eigenvalue weighted by atomic mass is 32.2.